The van der Waals surface area contributed by atoms with Gasteiger partial charge in [-0.1, -0.05) is 31.0 Å². The van der Waals surface area contributed by atoms with Gasteiger partial charge in [0.25, 0.3) is 5.91 Å². The Bertz CT molecular complexity index is 422. The lowest BCUT2D eigenvalue weighted by molar-refractivity contribution is 0.0920. The predicted molar refractivity (Wildman–Crippen MR) is 73.6 cm³/mol. The van der Waals surface area contributed by atoms with E-state index in [1.54, 1.807) is 0 Å². The van der Waals surface area contributed by atoms with E-state index in [1.807, 2.05) is 32.0 Å². The van der Waals surface area contributed by atoms with Crippen molar-refractivity contribution >= 4 is 5.91 Å². The molecule has 0 heterocycles. The fourth-order valence-electron chi connectivity index (χ4n) is 2.75. The zero-order chi connectivity index (χ0) is 13.1. The van der Waals surface area contributed by atoms with Crippen LogP contribution < -0.4 is 11.1 Å². The summed E-state index contributed by atoms with van der Waals surface area (Å²) in [6, 6.07) is 6.16. The summed E-state index contributed by atoms with van der Waals surface area (Å²) in [6.07, 6.45) is 4.35. The van der Waals surface area contributed by atoms with Gasteiger partial charge in [0.15, 0.2) is 0 Å². The highest BCUT2D eigenvalue weighted by atomic mass is 16.1. The number of aryl methyl sites for hydroxylation is 2. The van der Waals surface area contributed by atoms with Crippen LogP contribution in [0, 0.1) is 13.8 Å². The summed E-state index contributed by atoms with van der Waals surface area (Å²) in [4.78, 5) is 12.3. The Balaban J connectivity index is 2.12. The summed E-state index contributed by atoms with van der Waals surface area (Å²) < 4.78 is 0. The number of amides is 1. The normalized spacial score (nSPS) is 23.7. The number of benzene rings is 1. The molecular formula is C15H22N2O. The minimum Gasteiger partial charge on any atom is -0.348 e. The number of carbonyl (C=O) groups excluding carboxylic acids is 1. The fraction of sp³-hybridized carbons (Fsp3) is 0.533. The molecule has 2 rings (SSSR count). The first kappa shape index (κ1) is 13.1. The van der Waals surface area contributed by atoms with E-state index >= 15 is 0 Å². The first-order valence-electron chi connectivity index (χ1n) is 6.72. The van der Waals surface area contributed by atoms with Gasteiger partial charge in [0.05, 0.1) is 0 Å². The number of rotatable bonds is 2. The van der Waals surface area contributed by atoms with Crippen molar-refractivity contribution in [1.29, 1.82) is 0 Å². The summed E-state index contributed by atoms with van der Waals surface area (Å²) in [5.74, 6) is 0.0212. The van der Waals surface area contributed by atoms with Crippen molar-refractivity contribution in [3.05, 3.63) is 34.9 Å². The number of hydrogen-bond donors (Lipinski definition) is 2. The largest absolute Gasteiger partial charge is 0.348 e. The molecule has 1 amide bonds. The highest BCUT2D eigenvalue weighted by molar-refractivity contribution is 5.97. The van der Waals surface area contributed by atoms with Crippen LogP contribution in [0.2, 0.25) is 0 Å². The van der Waals surface area contributed by atoms with Gasteiger partial charge in [-0.15, -0.1) is 0 Å². The average molecular weight is 246 g/mol. The first-order chi connectivity index (χ1) is 8.59. The van der Waals surface area contributed by atoms with E-state index in [-0.39, 0.29) is 18.0 Å². The smallest absolute Gasteiger partial charge is 0.252 e. The third-order valence-corrected chi connectivity index (χ3v) is 3.84. The second-order valence-electron chi connectivity index (χ2n) is 5.30. The van der Waals surface area contributed by atoms with Gasteiger partial charge in [0, 0.05) is 17.6 Å². The van der Waals surface area contributed by atoms with Crippen molar-refractivity contribution in [1.82, 2.24) is 5.32 Å². The fourth-order valence-corrected chi connectivity index (χ4v) is 2.75. The molecule has 0 bridgehead atoms. The van der Waals surface area contributed by atoms with Crippen LogP contribution in [0.15, 0.2) is 18.2 Å². The maximum Gasteiger partial charge on any atom is 0.252 e. The van der Waals surface area contributed by atoms with Crippen LogP contribution >= 0.6 is 0 Å². The Morgan fingerprint density at radius 3 is 2.44 bits per heavy atom. The number of hydrogen-bond acceptors (Lipinski definition) is 2. The Morgan fingerprint density at radius 1 is 1.22 bits per heavy atom. The molecule has 3 heteroatoms. The molecule has 1 aromatic rings. The van der Waals surface area contributed by atoms with Crippen molar-refractivity contribution < 1.29 is 4.79 Å². The summed E-state index contributed by atoms with van der Waals surface area (Å²) in [5.41, 5.74) is 8.92. The minimum absolute atomic E-state index is 0.0212. The molecule has 1 aliphatic rings. The van der Waals surface area contributed by atoms with Crippen molar-refractivity contribution in [3.8, 4) is 0 Å². The quantitative estimate of drug-likeness (QED) is 0.841. The van der Waals surface area contributed by atoms with Crippen LogP contribution in [0.5, 0.6) is 0 Å². The molecule has 0 saturated heterocycles. The third-order valence-electron chi connectivity index (χ3n) is 3.84. The van der Waals surface area contributed by atoms with Gasteiger partial charge in [0.1, 0.15) is 0 Å². The Kier molecular flexibility index (Phi) is 4.02. The molecule has 3 nitrogen and oxygen atoms in total. The van der Waals surface area contributed by atoms with Gasteiger partial charge in [-0.05, 0) is 37.8 Å². The van der Waals surface area contributed by atoms with Crippen LogP contribution in [0.3, 0.4) is 0 Å². The molecule has 1 aliphatic carbocycles. The van der Waals surface area contributed by atoms with E-state index < -0.39 is 0 Å². The van der Waals surface area contributed by atoms with Crippen LogP contribution in [-0.2, 0) is 0 Å². The molecule has 3 N–H and O–H groups in total. The van der Waals surface area contributed by atoms with Crippen molar-refractivity contribution in [2.24, 2.45) is 5.73 Å². The molecule has 0 unspecified atom stereocenters. The van der Waals surface area contributed by atoms with E-state index in [0.717, 1.165) is 36.0 Å². The Morgan fingerprint density at radius 2 is 1.83 bits per heavy atom. The Hall–Kier alpha value is -1.35. The molecule has 2 atom stereocenters. The lowest BCUT2D eigenvalue weighted by Crippen LogP contribution is -2.49. The van der Waals surface area contributed by atoms with E-state index in [1.165, 1.54) is 6.42 Å². The van der Waals surface area contributed by atoms with E-state index in [9.17, 15) is 4.79 Å². The third kappa shape index (κ3) is 2.72. The molecule has 1 saturated carbocycles. The van der Waals surface area contributed by atoms with Crippen LogP contribution in [0.25, 0.3) is 0 Å². The van der Waals surface area contributed by atoms with Crippen LogP contribution in [0.4, 0.5) is 0 Å². The lowest BCUT2D eigenvalue weighted by Gasteiger charge is -2.29. The maximum atomic E-state index is 12.3. The summed E-state index contributed by atoms with van der Waals surface area (Å²) >= 11 is 0. The standard InChI is InChI=1S/C15H22N2O/c1-10-6-5-7-11(2)14(10)15(18)17-13-9-4-3-8-12(13)16/h5-7,12-13H,3-4,8-9,16H2,1-2H3,(H,17,18)/t12-,13-/m1/s1. The molecule has 98 valence electrons. The summed E-state index contributed by atoms with van der Waals surface area (Å²) in [6.45, 7) is 3.95. The topological polar surface area (TPSA) is 55.1 Å². The Labute approximate surface area is 109 Å². The van der Waals surface area contributed by atoms with Gasteiger partial charge >= 0.3 is 0 Å². The molecule has 0 aliphatic heterocycles. The van der Waals surface area contributed by atoms with Gasteiger partial charge in [-0.2, -0.15) is 0 Å². The predicted octanol–water partition coefficient (Wildman–Crippen LogP) is 2.30. The van der Waals surface area contributed by atoms with Crippen LogP contribution in [0.1, 0.15) is 47.2 Å². The first-order valence-corrected chi connectivity index (χ1v) is 6.72. The van der Waals surface area contributed by atoms with Crippen molar-refractivity contribution in [2.75, 3.05) is 0 Å². The number of nitrogens with two attached hydrogens (primary N) is 1. The minimum atomic E-state index is 0.0212. The molecular weight excluding hydrogens is 224 g/mol. The molecule has 1 aromatic carbocycles. The zero-order valence-corrected chi connectivity index (χ0v) is 11.2. The van der Waals surface area contributed by atoms with Crippen LogP contribution in [-0.4, -0.2) is 18.0 Å². The molecule has 1 fully saturated rings. The highest BCUT2D eigenvalue weighted by Gasteiger charge is 2.24. The molecule has 0 aromatic heterocycles. The zero-order valence-electron chi connectivity index (χ0n) is 11.2. The van der Waals surface area contributed by atoms with Gasteiger partial charge in [0.2, 0.25) is 0 Å². The second-order valence-corrected chi connectivity index (χ2v) is 5.30. The maximum absolute atomic E-state index is 12.3. The van der Waals surface area contributed by atoms with E-state index in [2.05, 4.69) is 5.32 Å². The molecule has 0 radical (unpaired) electrons. The van der Waals surface area contributed by atoms with Gasteiger partial charge in [-0.3, -0.25) is 4.79 Å². The molecule has 18 heavy (non-hydrogen) atoms. The van der Waals surface area contributed by atoms with Gasteiger partial charge in [-0.25, -0.2) is 0 Å². The summed E-state index contributed by atoms with van der Waals surface area (Å²) in [5, 5.41) is 3.10. The van der Waals surface area contributed by atoms with Crippen molar-refractivity contribution in [2.45, 2.75) is 51.6 Å². The molecule has 0 spiro atoms. The second kappa shape index (κ2) is 5.53. The monoisotopic (exact) mass is 246 g/mol. The highest BCUT2D eigenvalue weighted by Crippen LogP contribution is 2.19. The summed E-state index contributed by atoms with van der Waals surface area (Å²) in [7, 11) is 0. The average Bonchev–Trinajstić information content (AvgIpc) is 2.32. The lowest BCUT2D eigenvalue weighted by atomic mass is 9.90. The van der Waals surface area contributed by atoms with E-state index in [0.29, 0.717) is 0 Å². The number of nitrogens with one attached hydrogen (secondary N) is 1. The van der Waals surface area contributed by atoms with Gasteiger partial charge < -0.3 is 11.1 Å². The SMILES string of the molecule is Cc1cccc(C)c1C(=O)N[C@@H]1CCCC[C@H]1N. The van der Waals surface area contributed by atoms with E-state index in [4.69, 9.17) is 5.73 Å². The van der Waals surface area contributed by atoms with Crippen molar-refractivity contribution in [3.63, 3.8) is 0 Å². The number of carbonyl (C=O) groups is 1.